The summed E-state index contributed by atoms with van der Waals surface area (Å²) in [6.45, 7) is 1.88. The van der Waals surface area contributed by atoms with Crippen molar-refractivity contribution in [1.29, 1.82) is 0 Å². The molecule has 1 aromatic rings. The molecule has 0 aromatic heterocycles. The monoisotopic (exact) mass is 358 g/mol. The average Bonchev–Trinajstić information content (AvgIpc) is 2.58. The third kappa shape index (κ3) is 5.63. The highest BCUT2D eigenvalue weighted by Crippen LogP contribution is 2.31. The number of amides is 2. The van der Waals surface area contributed by atoms with Crippen LogP contribution in [0.4, 0.5) is 18.9 Å². The molecule has 0 unspecified atom stereocenters. The van der Waals surface area contributed by atoms with Gasteiger partial charge in [-0.3, -0.25) is 14.5 Å². The Balaban J connectivity index is 1.86. The van der Waals surface area contributed by atoms with Gasteiger partial charge >= 0.3 is 6.18 Å². The summed E-state index contributed by atoms with van der Waals surface area (Å²) in [4.78, 5) is 25.9. The number of carbonyl (C=O) groups is 2. The first-order valence-electron chi connectivity index (χ1n) is 8.01. The number of hydrogen-bond acceptors (Lipinski definition) is 4. The fourth-order valence-corrected chi connectivity index (χ4v) is 2.57. The molecule has 9 heteroatoms. The van der Waals surface area contributed by atoms with Gasteiger partial charge in [0.25, 0.3) is 5.91 Å². The van der Waals surface area contributed by atoms with Crippen LogP contribution in [0, 0.1) is 0 Å². The highest BCUT2D eigenvalue weighted by atomic mass is 19.4. The van der Waals surface area contributed by atoms with Crippen LogP contribution in [0.3, 0.4) is 0 Å². The maximum Gasteiger partial charge on any atom is 0.416 e. The molecule has 25 heavy (non-hydrogen) atoms. The normalized spacial score (nSPS) is 15.6. The number of nitrogen functional groups attached to an aromatic ring is 1. The van der Waals surface area contributed by atoms with Gasteiger partial charge in [0.2, 0.25) is 5.91 Å². The molecule has 0 spiro atoms. The van der Waals surface area contributed by atoms with E-state index in [1.165, 1.54) is 6.42 Å². The summed E-state index contributed by atoms with van der Waals surface area (Å²) in [5.41, 5.74) is 4.20. The molecule has 0 atom stereocenters. The number of benzene rings is 1. The molecule has 1 aliphatic heterocycles. The number of alkyl halides is 3. The number of anilines is 1. The van der Waals surface area contributed by atoms with Crippen molar-refractivity contribution in [2.45, 2.75) is 25.4 Å². The predicted molar refractivity (Wildman–Crippen MR) is 86.6 cm³/mol. The van der Waals surface area contributed by atoms with E-state index in [-0.39, 0.29) is 17.8 Å². The molecular weight excluding hydrogens is 337 g/mol. The minimum Gasteiger partial charge on any atom is -0.398 e. The van der Waals surface area contributed by atoms with E-state index >= 15 is 0 Å². The molecule has 2 amide bonds. The van der Waals surface area contributed by atoms with E-state index in [2.05, 4.69) is 15.5 Å². The third-order valence-electron chi connectivity index (χ3n) is 3.98. The van der Waals surface area contributed by atoms with E-state index in [0.717, 1.165) is 38.1 Å². The van der Waals surface area contributed by atoms with Crippen LogP contribution in [0.5, 0.6) is 0 Å². The smallest absolute Gasteiger partial charge is 0.398 e. The number of piperidine rings is 1. The lowest BCUT2D eigenvalue weighted by Crippen LogP contribution is -2.44. The molecule has 1 aromatic carbocycles. The van der Waals surface area contributed by atoms with Crippen LogP contribution in [0.2, 0.25) is 0 Å². The molecule has 0 aliphatic carbocycles. The fraction of sp³-hybridized carbons (Fsp3) is 0.500. The second-order valence-electron chi connectivity index (χ2n) is 5.92. The van der Waals surface area contributed by atoms with Gasteiger partial charge in [-0.25, -0.2) is 0 Å². The van der Waals surface area contributed by atoms with Crippen molar-refractivity contribution in [3.8, 4) is 0 Å². The molecule has 1 saturated heterocycles. The zero-order valence-electron chi connectivity index (χ0n) is 13.7. The van der Waals surface area contributed by atoms with Gasteiger partial charge in [0.1, 0.15) is 0 Å². The van der Waals surface area contributed by atoms with E-state index in [0.29, 0.717) is 12.7 Å². The highest BCUT2D eigenvalue weighted by Gasteiger charge is 2.31. The van der Waals surface area contributed by atoms with Crippen LogP contribution < -0.4 is 16.4 Å². The Bertz CT molecular complexity index is 628. The van der Waals surface area contributed by atoms with Crippen LogP contribution in [-0.2, 0) is 11.0 Å². The number of hydrogen-bond donors (Lipinski definition) is 3. The lowest BCUT2D eigenvalue weighted by Gasteiger charge is -2.26. The molecule has 1 heterocycles. The first-order chi connectivity index (χ1) is 11.8. The summed E-state index contributed by atoms with van der Waals surface area (Å²) in [5.74, 6) is -1.24. The fourth-order valence-electron chi connectivity index (χ4n) is 2.57. The first kappa shape index (κ1) is 19.0. The lowest BCUT2D eigenvalue weighted by atomic mass is 10.1. The Hall–Kier alpha value is -2.29. The van der Waals surface area contributed by atoms with Crippen molar-refractivity contribution >= 4 is 17.5 Å². The Kier molecular flexibility index (Phi) is 6.24. The molecule has 4 N–H and O–H groups in total. The molecule has 0 radical (unpaired) electrons. The van der Waals surface area contributed by atoms with Crippen LogP contribution in [0.1, 0.15) is 35.2 Å². The van der Waals surface area contributed by atoms with E-state index in [4.69, 9.17) is 5.73 Å². The van der Waals surface area contributed by atoms with Gasteiger partial charge in [-0.15, -0.1) is 0 Å². The van der Waals surface area contributed by atoms with E-state index in [1.807, 2.05) is 0 Å². The van der Waals surface area contributed by atoms with Gasteiger partial charge in [-0.1, -0.05) is 6.42 Å². The Morgan fingerprint density at radius 3 is 2.44 bits per heavy atom. The van der Waals surface area contributed by atoms with Gasteiger partial charge in [0.05, 0.1) is 24.3 Å². The Morgan fingerprint density at radius 1 is 1.12 bits per heavy atom. The van der Waals surface area contributed by atoms with Gasteiger partial charge in [0, 0.05) is 5.69 Å². The maximum absolute atomic E-state index is 12.7. The number of nitrogens with zero attached hydrogens (tertiary/aromatic N) is 1. The van der Waals surface area contributed by atoms with E-state index in [9.17, 15) is 22.8 Å². The van der Waals surface area contributed by atoms with Crippen LogP contribution >= 0.6 is 0 Å². The average molecular weight is 358 g/mol. The number of nitrogens with one attached hydrogen (secondary N) is 2. The quantitative estimate of drug-likeness (QED) is 0.698. The van der Waals surface area contributed by atoms with Crippen molar-refractivity contribution in [2.24, 2.45) is 0 Å². The summed E-state index contributed by atoms with van der Waals surface area (Å²) in [5, 5.41) is 4.96. The van der Waals surface area contributed by atoms with Crippen LogP contribution in [-0.4, -0.2) is 43.0 Å². The minimum absolute atomic E-state index is 0.0841. The highest BCUT2D eigenvalue weighted by molar-refractivity contribution is 6.00. The second-order valence-corrected chi connectivity index (χ2v) is 5.92. The first-order valence-corrected chi connectivity index (χ1v) is 8.01. The summed E-state index contributed by atoms with van der Waals surface area (Å²) in [6.07, 6.45) is -1.23. The van der Waals surface area contributed by atoms with Gasteiger partial charge in [-0.2, -0.15) is 13.2 Å². The second kappa shape index (κ2) is 8.19. The van der Waals surface area contributed by atoms with Crippen molar-refractivity contribution in [3.05, 3.63) is 29.3 Å². The Morgan fingerprint density at radius 2 is 1.80 bits per heavy atom. The molecule has 6 nitrogen and oxygen atoms in total. The zero-order valence-corrected chi connectivity index (χ0v) is 13.7. The van der Waals surface area contributed by atoms with E-state index < -0.39 is 23.6 Å². The Labute approximate surface area is 143 Å². The van der Waals surface area contributed by atoms with Crippen molar-refractivity contribution < 1.29 is 22.8 Å². The number of rotatable bonds is 5. The summed E-state index contributed by atoms with van der Waals surface area (Å²) >= 11 is 0. The molecular formula is C16H21F3N4O2. The largest absolute Gasteiger partial charge is 0.416 e. The molecule has 0 saturated carbocycles. The summed E-state index contributed by atoms with van der Waals surface area (Å²) in [6, 6.07) is 2.50. The summed E-state index contributed by atoms with van der Waals surface area (Å²) in [7, 11) is 0. The standard InChI is InChI=1S/C16H21F3N4O2/c17-16(18,19)11-4-5-13(20)12(8-11)15(25)21-9-14(24)22-10-23-6-2-1-3-7-23/h4-5,8H,1-3,6-7,9-10,20H2,(H,21,25)(H,22,24). The summed E-state index contributed by atoms with van der Waals surface area (Å²) < 4.78 is 38.1. The lowest BCUT2D eigenvalue weighted by molar-refractivity contribution is -0.137. The molecule has 0 bridgehead atoms. The van der Waals surface area contributed by atoms with Crippen molar-refractivity contribution in [1.82, 2.24) is 15.5 Å². The van der Waals surface area contributed by atoms with Crippen LogP contribution in [0.25, 0.3) is 0 Å². The van der Waals surface area contributed by atoms with Crippen LogP contribution in [0.15, 0.2) is 18.2 Å². The molecule has 138 valence electrons. The number of carbonyl (C=O) groups excluding carboxylic acids is 2. The zero-order chi connectivity index (χ0) is 18.4. The predicted octanol–water partition coefficient (Wildman–Crippen LogP) is 1.58. The molecule has 1 aliphatic rings. The SMILES string of the molecule is Nc1ccc(C(F)(F)F)cc1C(=O)NCC(=O)NCN1CCCCC1. The number of halogens is 3. The topological polar surface area (TPSA) is 87.5 Å². The van der Waals surface area contributed by atoms with Gasteiger partial charge in [0.15, 0.2) is 0 Å². The molecule has 2 rings (SSSR count). The third-order valence-corrected chi connectivity index (χ3v) is 3.98. The molecule has 1 fully saturated rings. The van der Waals surface area contributed by atoms with Gasteiger partial charge in [-0.05, 0) is 44.1 Å². The number of nitrogens with two attached hydrogens (primary N) is 1. The van der Waals surface area contributed by atoms with Crippen molar-refractivity contribution in [2.75, 3.05) is 32.0 Å². The van der Waals surface area contributed by atoms with Crippen molar-refractivity contribution in [3.63, 3.8) is 0 Å². The maximum atomic E-state index is 12.7. The van der Waals surface area contributed by atoms with Gasteiger partial charge < -0.3 is 16.4 Å². The van der Waals surface area contributed by atoms with E-state index in [1.54, 1.807) is 0 Å². The minimum atomic E-state index is -4.57. The number of likely N-dealkylation sites (tertiary alicyclic amines) is 1.